The number of pyridine rings is 1. The molecule has 2 N–H and O–H groups in total. The maximum absolute atomic E-state index is 13.7. The number of urea groups is 1. The topological polar surface area (TPSA) is 88.2 Å². The average Bonchev–Trinajstić information content (AvgIpc) is 3.34. The fraction of sp³-hybridized carbons (Fsp3) is 0.167. The molecule has 6 nitrogen and oxygen atoms in total. The Kier molecular flexibility index (Phi) is 4.94. The van der Waals surface area contributed by atoms with Crippen LogP contribution >= 0.6 is 11.3 Å². The van der Waals surface area contributed by atoms with Crippen LogP contribution in [-0.4, -0.2) is 22.7 Å². The Bertz CT molecular complexity index is 1280. The van der Waals surface area contributed by atoms with E-state index >= 15 is 0 Å². The summed E-state index contributed by atoms with van der Waals surface area (Å²) in [5.41, 5.74) is 1.28. The van der Waals surface area contributed by atoms with Crippen LogP contribution in [0.2, 0.25) is 0 Å². The molecular formula is C24H18FN3O3S. The summed E-state index contributed by atoms with van der Waals surface area (Å²) in [6.07, 6.45) is 4.38. The molecule has 1 aromatic carbocycles. The first-order valence-electron chi connectivity index (χ1n) is 10.1. The molecular weight excluding hydrogens is 429 g/mol. The summed E-state index contributed by atoms with van der Waals surface area (Å²) in [4.78, 5) is 43.8. The van der Waals surface area contributed by atoms with Crippen molar-refractivity contribution in [3.05, 3.63) is 88.2 Å². The van der Waals surface area contributed by atoms with Gasteiger partial charge in [-0.1, -0.05) is 17.7 Å². The van der Waals surface area contributed by atoms with Crippen molar-refractivity contribution in [1.29, 1.82) is 0 Å². The van der Waals surface area contributed by atoms with Gasteiger partial charge in [0.2, 0.25) is 0 Å². The molecule has 0 bridgehead atoms. The number of imide groups is 1. The average molecular weight is 447 g/mol. The molecule has 1 aliphatic carbocycles. The Hall–Kier alpha value is -3.65. The number of nitrogens with one attached hydrogen (secondary N) is 2. The number of aromatic nitrogens is 1. The van der Waals surface area contributed by atoms with Gasteiger partial charge in [-0.25, -0.2) is 9.18 Å². The fourth-order valence-corrected chi connectivity index (χ4v) is 5.32. The minimum Gasteiger partial charge on any atom is -0.318 e. The maximum atomic E-state index is 13.7. The van der Waals surface area contributed by atoms with Gasteiger partial charge in [-0.3, -0.25) is 19.9 Å². The second kappa shape index (κ2) is 7.80. The van der Waals surface area contributed by atoms with Gasteiger partial charge in [-0.15, -0.1) is 11.3 Å². The number of halogens is 1. The normalized spacial score (nSPS) is 20.3. The molecule has 160 valence electrons. The molecule has 3 heterocycles. The molecule has 2 aliphatic rings. The molecule has 0 saturated carbocycles. The van der Waals surface area contributed by atoms with Gasteiger partial charge in [0.1, 0.15) is 5.82 Å². The quantitative estimate of drug-likeness (QED) is 0.589. The Morgan fingerprint density at radius 3 is 2.69 bits per heavy atom. The van der Waals surface area contributed by atoms with E-state index in [0.29, 0.717) is 23.3 Å². The number of fused-ring (bicyclic) bond motifs is 1. The van der Waals surface area contributed by atoms with Crippen molar-refractivity contribution < 1.29 is 18.8 Å². The number of thiophene rings is 1. The monoisotopic (exact) mass is 447 g/mol. The summed E-state index contributed by atoms with van der Waals surface area (Å²) in [7, 11) is 0. The van der Waals surface area contributed by atoms with Crippen LogP contribution in [0.15, 0.2) is 66.4 Å². The van der Waals surface area contributed by atoms with E-state index in [2.05, 4.69) is 15.6 Å². The Morgan fingerprint density at radius 2 is 1.94 bits per heavy atom. The summed E-state index contributed by atoms with van der Waals surface area (Å²) in [6.45, 7) is 0. The Balaban J connectivity index is 1.51. The zero-order valence-corrected chi connectivity index (χ0v) is 17.7. The van der Waals surface area contributed by atoms with E-state index in [1.165, 1.54) is 29.5 Å². The van der Waals surface area contributed by atoms with Crippen LogP contribution in [0.25, 0.3) is 10.6 Å². The van der Waals surface area contributed by atoms with Crippen molar-refractivity contribution in [2.24, 2.45) is 0 Å². The summed E-state index contributed by atoms with van der Waals surface area (Å²) in [6, 6.07) is 12.9. The van der Waals surface area contributed by atoms with E-state index in [4.69, 9.17) is 0 Å². The van der Waals surface area contributed by atoms with Crippen LogP contribution in [0, 0.1) is 5.82 Å². The third-order valence-corrected chi connectivity index (χ3v) is 7.04. The Morgan fingerprint density at radius 1 is 1.06 bits per heavy atom. The van der Waals surface area contributed by atoms with E-state index in [9.17, 15) is 18.8 Å². The van der Waals surface area contributed by atoms with Crippen LogP contribution < -0.4 is 10.6 Å². The first-order valence-corrected chi connectivity index (χ1v) is 10.9. The number of carbonyl (C=O) groups excluding carboxylic acids is 3. The molecule has 0 unspecified atom stereocenters. The largest absolute Gasteiger partial charge is 0.322 e. The number of allylic oxidation sites excluding steroid dienone is 1. The minimum absolute atomic E-state index is 0.148. The number of aryl methyl sites for hydroxylation is 1. The van der Waals surface area contributed by atoms with Crippen molar-refractivity contribution >= 4 is 29.1 Å². The highest BCUT2D eigenvalue weighted by molar-refractivity contribution is 7.15. The lowest BCUT2D eigenvalue weighted by atomic mass is 9.87. The van der Waals surface area contributed by atoms with Gasteiger partial charge >= 0.3 is 6.03 Å². The molecule has 3 amide bonds. The third kappa shape index (κ3) is 3.52. The maximum Gasteiger partial charge on any atom is 0.322 e. The number of rotatable bonds is 4. The van der Waals surface area contributed by atoms with Crippen molar-refractivity contribution in [3.8, 4) is 10.6 Å². The predicted molar refractivity (Wildman–Crippen MR) is 118 cm³/mol. The van der Waals surface area contributed by atoms with Crippen molar-refractivity contribution in [3.63, 3.8) is 0 Å². The molecule has 1 atom stereocenters. The lowest BCUT2D eigenvalue weighted by Gasteiger charge is -2.26. The van der Waals surface area contributed by atoms with E-state index < -0.39 is 23.3 Å². The van der Waals surface area contributed by atoms with Crippen LogP contribution in [0.3, 0.4) is 0 Å². The summed E-state index contributed by atoms with van der Waals surface area (Å²) in [5.74, 6) is -1.22. The zero-order valence-electron chi connectivity index (χ0n) is 16.9. The van der Waals surface area contributed by atoms with Gasteiger partial charge in [0.05, 0.1) is 10.6 Å². The molecule has 1 saturated heterocycles. The summed E-state index contributed by atoms with van der Waals surface area (Å²) >= 11 is 1.37. The molecule has 0 spiro atoms. The van der Waals surface area contributed by atoms with Crippen LogP contribution in [0.4, 0.5) is 9.18 Å². The number of hydrogen-bond donors (Lipinski definition) is 2. The van der Waals surface area contributed by atoms with Crippen LogP contribution in [0.5, 0.6) is 0 Å². The molecule has 1 fully saturated rings. The lowest BCUT2D eigenvalue weighted by molar-refractivity contribution is -0.124. The highest BCUT2D eigenvalue weighted by atomic mass is 32.1. The second-order valence-electron chi connectivity index (χ2n) is 7.84. The van der Waals surface area contributed by atoms with Crippen molar-refractivity contribution in [2.75, 3.05) is 0 Å². The lowest BCUT2D eigenvalue weighted by Crippen LogP contribution is -2.43. The molecule has 32 heavy (non-hydrogen) atoms. The predicted octanol–water partition coefficient (Wildman–Crippen LogP) is 4.13. The van der Waals surface area contributed by atoms with Gasteiger partial charge < -0.3 is 5.32 Å². The van der Waals surface area contributed by atoms with Gasteiger partial charge in [0.25, 0.3) is 5.91 Å². The number of nitrogens with zero attached hydrogens (tertiary/aromatic N) is 1. The smallest absolute Gasteiger partial charge is 0.318 e. The fourth-order valence-electron chi connectivity index (χ4n) is 4.20. The summed E-state index contributed by atoms with van der Waals surface area (Å²) < 4.78 is 13.7. The van der Waals surface area contributed by atoms with Crippen LogP contribution in [-0.2, 0) is 16.8 Å². The molecule has 0 radical (unpaired) electrons. The van der Waals surface area contributed by atoms with Gasteiger partial charge in [-0.2, -0.15) is 0 Å². The SMILES string of the molecule is O=C1NC(=O)[C@](CC2=CC(=O)c3cc(F)ccc3CC2)(c2ccc(-c3ccccn3)s2)N1. The zero-order chi connectivity index (χ0) is 22.3. The minimum atomic E-state index is -1.32. The molecule has 2 aromatic heterocycles. The highest BCUT2D eigenvalue weighted by Gasteiger charge is 2.49. The van der Waals surface area contributed by atoms with Crippen molar-refractivity contribution in [2.45, 2.75) is 24.8 Å². The van der Waals surface area contributed by atoms with Crippen molar-refractivity contribution in [1.82, 2.24) is 15.6 Å². The first-order chi connectivity index (χ1) is 15.4. The van der Waals surface area contributed by atoms with E-state index in [0.717, 1.165) is 21.7 Å². The molecule has 1 aliphatic heterocycles. The number of amides is 3. The third-order valence-electron chi connectivity index (χ3n) is 5.77. The number of hydrogen-bond acceptors (Lipinski definition) is 5. The van der Waals surface area contributed by atoms with Gasteiger partial charge in [0, 0.05) is 23.1 Å². The Labute approximate surface area is 187 Å². The molecule has 5 rings (SSSR count). The molecule has 3 aromatic rings. The van der Waals surface area contributed by atoms with E-state index in [-0.39, 0.29) is 12.2 Å². The molecule has 8 heteroatoms. The number of carbonyl (C=O) groups is 3. The number of ketones is 1. The first kappa shape index (κ1) is 20.3. The van der Waals surface area contributed by atoms with Crippen LogP contribution in [0.1, 0.15) is 33.6 Å². The van der Waals surface area contributed by atoms with E-state index in [1.54, 1.807) is 12.3 Å². The standard InChI is InChI=1S/C24H18FN3O3S/c25-16-7-6-15-5-4-14(11-19(29)17(15)12-16)13-24(22(30)27-23(31)28-24)21-9-8-20(32-21)18-3-1-2-10-26-18/h1-3,6-12H,4-5,13H2,(H2,27,28,30,31)/t24-/m0/s1. The highest BCUT2D eigenvalue weighted by Crippen LogP contribution is 2.40. The van der Waals surface area contributed by atoms with Gasteiger partial charge in [0.15, 0.2) is 11.3 Å². The van der Waals surface area contributed by atoms with Gasteiger partial charge in [-0.05, 0) is 60.9 Å². The second-order valence-corrected chi connectivity index (χ2v) is 8.92. The van der Waals surface area contributed by atoms with E-state index in [1.807, 2.05) is 30.3 Å². The summed E-state index contributed by atoms with van der Waals surface area (Å²) in [5, 5.41) is 5.13. The number of benzene rings is 1.